The lowest BCUT2D eigenvalue weighted by atomic mass is 9.87. The molecule has 0 fully saturated rings. The van der Waals surface area contributed by atoms with Gasteiger partial charge in [0, 0.05) is 10.4 Å². The van der Waals surface area contributed by atoms with Gasteiger partial charge in [0.15, 0.2) is 0 Å². The van der Waals surface area contributed by atoms with Gasteiger partial charge in [-0.15, -0.1) is 11.3 Å². The molecule has 1 heterocycles. The predicted molar refractivity (Wildman–Crippen MR) is 127 cm³/mol. The first-order valence-corrected chi connectivity index (χ1v) is 10.8. The summed E-state index contributed by atoms with van der Waals surface area (Å²) in [5.74, 6) is -0.861. The van der Waals surface area contributed by atoms with Crippen LogP contribution in [0.2, 0.25) is 0 Å². The summed E-state index contributed by atoms with van der Waals surface area (Å²) < 4.78 is 0. The van der Waals surface area contributed by atoms with Crippen LogP contribution in [0.5, 0.6) is 0 Å². The van der Waals surface area contributed by atoms with Crippen LogP contribution in [0.3, 0.4) is 0 Å². The minimum absolute atomic E-state index is 0.0718. The second-order valence-electron chi connectivity index (χ2n) is 7.96. The Balaban J connectivity index is 1.71. The lowest BCUT2D eigenvalue weighted by Crippen LogP contribution is -2.32. The molecule has 2 amide bonds. The Labute approximate surface area is 186 Å². The topological polar surface area (TPSA) is 70.6 Å². The monoisotopic (exact) mass is 431 g/mol. The zero-order chi connectivity index (χ0) is 22.3. The molecule has 3 aromatic rings. The van der Waals surface area contributed by atoms with Gasteiger partial charge in [0.05, 0.1) is 6.21 Å². The Morgan fingerprint density at radius 2 is 1.65 bits per heavy atom. The van der Waals surface area contributed by atoms with Crippen molar-refractivity contribution in [1.82, 2.24) is 10.7 Å². The molecular weight excluding hydrogens is 406 g/mol. The quantitative estimate of drug-likeness (QED) is 0.329. The average molecular weight is 432 g/mol. The first kappa shape index (κ1) is 22.2. The van der Waals surface area contributed by atoms with E-state index in [2.05, 4.69) is 36.6 Å². The maximum absolute atomic E-state index is 12.7. The van der Waals surface area contributed by atoms with Crippen LogP contribution in [0.1, 0.15) is 47.1 Å². The fourth-order valence-electron chi connectivity index (χ4n) is 2.75. The van der Waals surface area contributed by atoms with Gasteiger partial charge in [-0.05, 0) is 46.2 Å². The van der Waals surface area contributed by atoms with Crippen molar-refractivity contribution < 1.29 is 9.59 Å². The Hall–Kier alpha value is -3.51. The predicted octanol–water partition coefficient (Wildman–Crippen LogP) is 4.97. The standard InChI is InChI=1S/C25H25N3O2S/c1-25(2,3)20-13-11-18(12-14-20)17-26-28-24(30)22(16-21-10-7-15-31-21)27-23(29)19-8-5-4-6-9-19/h4-17H,1-3H3,(H,27,29)(H,28,30)/b22-16-,26-17?. The fourth-order valence-corrected chi connectivity index (χ4v) is 3.41. The highest BCUT2D eigenvalue weighted by Gasteiger charge is 2.15. The number of hydrogen-bond acceptors (Lipinski definition) is 4. The van der Waals surface area contributed by atoms with E-state index in [1.54, 1.807) is 36.6 Å². The zero-order valence-corrected chi connectivity index (χ0v) is 18.6. The third kappa shape index (κ3) is 6.49. The number of thiophene rings is 1. The smallest absolute Gasteiger partial charge is 0.287 e. The molecule has 158 valence electrons. The number of carbonyl (C=O) groups excluding carboxylic acids is 2. The summed E-state index contributed by atoms with van der Waals surface area (Å²) in [7, 11) is 0. The SMILES string of the molecule is CC(C)(C)c1ccc(C=NNC(=O)/C(=C/c2cccs2)NC(=O)c2ccccc2)cc1. The molecule has 5 nitrogen and oxygen atoms in total. The number of hydrazone groups is 1. The molecule has 3 rings (SSSR count). The van der Waals surface area contributed by atoms with Gasteiger partial charge in [-0.25, -0.2) is 5.43 Å². The van der Waals surface area contributed by atoms with E-state index in [9.17, 15) is 9.59 Å². The number of amides is 2. The van der Waals surface area contributed by atoms with Crippen LogP contribution in [-0.4, -0.2) is 18.0 Å². The van der Waals surface area contributed by atoms with Crippen molar-refractivity contribution in [3.63, 3.8) is 0 Å². The lowest BCUT2D eigenvalue weighted by molar-refractivity contribution is -0.117. The molecule has 2 aromatic carbocycles. The number of nitrogens with zero attached hydrogens (tertiary/aromatic N) is 1. The first-order chi connectivity index (χ1) is 14.8. The minimum Gasteiger partial charge on any atom is -0.317 e. The molecular formula is C25H25N3O2S. The van der Waals surface area contributed by atoms with E-state index >= 15 is 0 Å². The van der Waals surface area contributed by atoms with Crippen molar-refractivity contribution in [2.24, 2.45) is 5.10 Å². The second-order valence-corrected chi connectivity index (χ2v) is 8.94. The van der Waals surface area contributed by atoms with E-state index in [0.717, 1.165) is 10.4 Å². The number of hydrogen-bond donors (Lipinski definition) is 2. The van der Waals surface area contributed by atoms with Crippen molar-refractivity contribution in [3.05, 3.63) is 99.4 Å². The summed E-state index contributed by atoms with van der Waals surface area (Å²) >= 11 is 1.47. The van der Waals surface area contributed by atoms with Crippen LogP contribution in [0.15, 0.2) is 82.9 Å². The summed E-state index contributed by atoms with van der Waals surface area (Å²) in [4.78, 5) is 26.1. The zero-order valence-electron chi connectivity index (χ0n) is 17.8. The van der Waals surface area contributed by atoms with E-state index in [1.165, 1.54) is 16.9 Å². The van der Waals surface area contributed by atoms with Crippen LogP contribution in [0, 0.1) is 0 Å². The molecule has 0 saturated heterocycles. The molecule has 0 radical (unpaired) electrons. The van der Waals surface area contributed by atoms with E-state index < -0.39 is 5.91 Å². The third-order valence-corrected chi connectivity index (χ3v) is 5.33. The Morgan fingerprint density at radius 1 is 0.935 bits per heavy atom. The molecule has 0 bridgehead atoms. The number of benzene rings is 2. The Bertz CT molecular complexity index is 1080. The van der Waals surface area contributed by atoms with Crippen LogP contribution in [0.25, 0.3) is 6.08 Å². The molecule has 0 unspecified atom stereocenters. The van der Waals surface area contributed by atoms with E-state index in [-0.39, 0.29) is 17.0 Å². The molecule has 6 heteroatoms. The number of nitrogens with one attached hydrogen (secondary N) is 2. The maximum Gasteiger partial charge on any atom is 0.287 e. The van der Waals surface area contributed by atoms with Gasteiger partial charge in [0.1, 0.15) is 5.70 Å². The van der Waals surface area contributed by atoms with Crippen LogP contribution < -0.4 is 10.7 Å². The lowest BCUT2D eigenvalue weighted by Gasteiger charge is -2.18. The molecule has 0 aliphatic heterocycles. The summed E-state index contributed by atoms with van der Waals surface area (Å²) in [6.45, 7) is 6.46. The second kappa shape index (κ2) is 10.00. The molecule has 1 aromatic heterocycles. The highest BCUT2D eigenvalue weighted by atomic mass is 32.1. The van der Waals surface area contributed by atoms with Gasteiger partial charge < -0.3 is 5.32 Å². The minimum atomic E-state index is -0.500. The molecule has 0 saturated carbocycles. The Kier molecular flexibility index (Phi) is 7.15. The van der Waals surface area contributed by atoms with Crippen LogP contribution in [-0.2, 0) is 10.2 Å². The van der Waals surface area contributed by atoms with Crippen molar-refractivity contribution in [1.29, 1.82) is 0 Å². The molecule has 2 N–H and O–H groups in total. The van der Waals surface area contributed by atoms with Gasteiger partial charge in [-0.3, -0.25) is 9.59 Å². The third-order valence-electron chi connectivity index (χ3n) is 4.52. The van der Waals surface area contributed by atoms with Crippen molar-refractivity contribution in [3.8, 4) is 0 Å². The van der Waals surface area contributed by atoms with Gasteiger partial charge in [-0.1, -0.05) is 69.3 Å². The largest absolute Gasteiger partial charge is 0.317 e. The van der Waals surface area contributed by atoms with Crippen LogP contribution in [0.4, 0.5) is 0 Å². The average Bonchev–Trinajstić information content (AvgIpc) is 3.26. The van der Waals surface area contributed by atoms with Gasteiger partial charge >= 0.3 is 0 Å². The molecule has 31 heavy (non-hydrogen) atoms. The van der Waals surface area contributed by atoms with Crippen LogP contribution >= 0.6 is 11.3 Å². The van der Waals surface area contributed by atoms with E-state index in [0.29, 0.717) is 5.56 Å². The first-order valence-electron chi connectivity index (χ1n) is 9.88. The Morgan fingerprint density at radius 3 is 2.26 bits per heavy atom. The van der Waals surface area contributed by atoms with Gasteiger partial charge in [0.25, 0.3) is 11.8 Å². The highest BCUT2D eigenvalue weighted by molar-refractivity contribution is 7.10. The summed E-state index contributed by atoms with van der Waals surface area (Å²) in [5, 5.41) is 8.64. The molecule has 0 aliphatic carbocycles. The summed E-state index contributed by atoms with van der Waals surface area (Å²) in [5.41, 5.74) is 5.25. The number of carbonyl (C=O) groups is 2. The molecule has 0 aliphatic rings. The van der Waals surface area contributed by atoms with Crippen molar-refractivity contribution in [2.45, 2.75) is 26.2 Å². The fraction of sp³-hybridized carbons (Fsp3) is 0.160. The van der Waals surface area contributed by atoms with E-state index in [1.807, 2.05) is 47.8 Å². The number of rotatable bonds is 6. The molecule has 0 atom stereocenters. The summed E-state index contributed by atoms with van der Waals surface area (Å²) in [6, 6.07) is 20.5. The van der Waals surface area contributed by atoms with Crippen molar-refractivity contribution >= 4 is 35.4 Å². The van der Waals surface area contributed by atoms with Gasteiger partial charge in [-0.2, -0.15) is 5.10 Å². The van der Waals surface area contributed by atoms with Gasteiger partial charge in [0.2, 0.25) is 0 Å². The normalized spacial score (nSPS) is 12.0. The van der Waals surface area contributed by atoms with E-state index in [4.69, 9.17) is 0 Å². The molecule has 0 spiro atoms. The van der Waals surface area contributed by atoms with Crippen molar-refractivity contribution in [2.75, 3.05) is 0 Å². The summed E-state index contributed by atoms with van der Waals surface area (Å²) in [6.07, 6.45) is 3.21. The highest BCUT2D eigenvalue weighted by Crippen LogP contribution is 2.21. The maximum atomic E-state index is 12.7.